The van der Waals surface area contributed by atoms with Crippen LogP contribution in [0.2, 0.25) is 0 Å². The van der Waals surface area contributed by atoms with Gasteiger partial charge >= 0.3 is 12.1 Å². The quantitative estimate of drug-likeness (QED) is 0.300. The van der Waals surface area contributed by atoms with Crippen molar-refractivity contribution in [1.29, 1.82) is 0 Å². The van der Waals surface area contributed by atoms with Crippen LogP contribution in [-0.4, -0.2) is 39.2 Å². The number of nitrogens with zero attached hydrogens (tertiary/aromatic N) is 4. The maximum atomic E-state index is 14.3. The summed E-state index contributed by atoms with van der Waals surface area (Å²) in [5.41, 5.74) is -0.00847. The Kier molecular flexibility index (Phi) is 5.43. The lowest BCUT2D eigenvalue weighted by molar-refractivity contribution is -0.172. The number of benzene rings is 1. The van der Waals surface area contributed by atoms with Gasteiger partial charge in [0, 0.05) is 17.7 Å². The second-order valence-electron chi connectivity index (χ2n) is 9.85. The summed E-state index contributed by atoms with van der Waals surface area (Å²) >= 11 is 0. The van der Waals surface area contributed by atoms with Gasteiger partial charge in [-0.3, -0.25) is 4.79 Å². The number of hydrogen-bond donors (Lipinski definition) is 1. The van der Waals surface area contributed by atoms with E-state index in [2.05, 4.69) is 4.99 Å². The Morgan fingerprint density at radius 2 is 1.95 bits per heavy atom. The highest BCUT2D eigenvalue weighted by atomic mass is 19.4. The average Bonchev–Trinajstić information content (AvgIpc) is 3.25. The number of unbranched alkanes of at least 4 members (excludes halogenated alkanes) is 2. The third-order valence-corrected chi connectivity index (χ3v) is 7.65. The molecule has 0 saturated heterocycles. The number of aliphatic imine (C=N–C) groups is 1. The highest BCUT2D eigenvalue weighted by Crippen LogP contribution is 2.48. The summed E-state index contributed by atoms with van der Waals surface area (Å²) in [6, 6.07) is 6.41. The molecule has 5 heterocycles. The predicted octanol–water partition coefficient (Wildman–Crippen LogP) is 4.68. The summed E-state index contributed by atoms with van der Waals surface area (Å²) in [4.78, 5) is 36.0. The maximum Gasteiger partial charge on any atom is 0.449 e. The van der Waals surface area contributed by atoms with Crippen LogP contribution in [0.5, 0.6) is 0 Å². The molecular formula is C27H25F3N4O4. The molecule has 0 radical (unpaired) electrons. The minimum absolute atomic E-state index is 0.00268. The van der Waals surface area contributed by atoms with E-state index in [1.807, 2.05) is 6.92 Å². The number of rotatable bonds is 5. The first kappa shape index (κ1) is 24.6. The fourth-order valence-electron chi connectivity index (χ4n) is 5.71. The molecule has 0 fully saturated rings. The Morgan fingerprint density at radius 1 is 1.16 bits per heavy atom. The number of amidine groups is 1. The van der Waals surface area contributed by atoms with E-state index in [-0.39, 0.29) is 42.9 Å². The minimum Gasteiger partial charge on any atom is -0.458 e. The zero-order valence-electron chi connectivity index (χ0n) is 20.9. The van der Waals surface area contributed by atoms with Gasteiger partial charge < -0.3 is 19.3 Å². The molecule has 8 nitrogen and oxygen atoms in total. The van der Waals surface area contributed by atoms with Crippen LogP contribution < -0.4 is 10.5 Å². The molecular weight excluding hydrogens is 501 g/mol. The fraction of sp³-hybridized carbons (Fsp3) is 0.407. The number of anilines is 1. The van der Waals surface area contributed by atoms with Crippen LogP contribution in [0.1, 0.15) is 56.2 Å². The highest BCUT2D eigenvalue weighted by molar-refractivity contribution is 6.17. The van der Waals surface area contributed by atoms with E-state index in [0.717, 1.165) is 12.8 Å². The largest absolute Gasteiger partial charge is 0.458 e. The van der Waals surface area contributed by atoms with Crippen LogP contribution in [0, 0.1) is 0 Å². The molecule has 3 aliphatic heterocycles. The number of ether oxygens (including phenoxy) is 1. The number of alkyl halides is 3. The Balaban J connectivity index is 1.63. The van der Waals surface area contributed by atoms with Crippen molar-refractivity contribution in [2.24, 2.45) is 4.99 Å². The molecule has 6 rings (SSSR count). The average molecular weight is 527 g/mol. The van der Waals surface area contributed by atoms with Crippen molar-refractivity contribution in [3.8, 4) is 11.4 Å². The third-order valence-electron chi connectivity index (χ3n) is 7.65. The number of halogens is 3. The highest BCUT2D eigenvalue weighted by Gasteiger charge is 2.47. The van der Waals surface area contributed by atoms with E-state index in [4.69, 9.17) is 9.72 Å². The summed E-state index contributed by atoms with van der Waals surface area (Å²) in [5, 5.41) is 11.6. The standard InChI is InChI=1S/C27H25F3N4O4/c1-3-5-6-10-33-22-14-12-34-19(11-16-15(23(34)35)13-38-25(36)26(16,37)4-2)21(14)31-17-8-7-9-18(20(17)22)32-24(33)27(28,29)30/h7-9,11,37H,3-6,10,12-13H2,1-2H3. The minimum atomic E-state index is -4.70. The molecule has 198 valence electrons. The van der Waals surface area contributed by atoms with Crippen molar-refractivity contribution in [1.82, 2.24) is 9.55 Å². The number of aromatic nitrogens is 2. The second-order valence-corrected chi connectivity index (χ2v) is 9.85. The molecule has 1 unspecified atom stereocenters. The van der Waals surface area contributed by atoms with Crippen molar-refractivity contribution in [2.45, 2.75) is 64.5 Å². The summed E-state index contributed by atoms with van der Waals surface area (Å²) in [7, 11) is 0. The Hall–Kier alpha value is -3.73. The van der Waals surface area contributed by atoms with Crippen LogP contribution >= 0.6 is 0 Å². The first-order valence-electron chi connectivity index (χ1n) is 12.7. The van der Waals surface area contributed by atoms with Gasteiger partial charge in [0.1, 0.15) is 6.61 Å². The van der Waals surface area contributed by atoms with Crippen LogP contribution in [-0.2, 0) is 28.3 Å². The van der Waals surface area contributed by atoms with Crippen LogP contribution in [0.3, 0.4) is 0 Å². The number of cyclic esters (lactones) is 1. The molecule has 1 atom stereocenters. The number of hydrogen-bond acceptors (Lipinski definition) is 7. The normalized spacial score (nSPS) is 19.7. The van der Waals surface area contributed by atoms with Crippen molar-refractivity contribution in [3.63, 3.8) is 0 Å². The molecule has 0 bridgehead atoms. The zero-order chi connectivity index (χ0) is 27.0. The molecule has 0 amide bonds. The first-order valence-corrected chi connectivity index (χ1v) is 12.7. The summed E-state index contributed by atoms with van der Waals surface area (Å²) in [6.07, 6.45) is -2.60. The lowest BCUT2D eigenvalue weighted by Gasteiger charge is -2.33. The molecule has 2 aromatic heterocycles. The van der Waals surface area contributed by atoms with Gasteiger partial charge in [0.2, 0.25) is 5.84 Å². The fourth-order valence-corrected chi connectivity index (χ4v) is 5.71. The molecule has 11 heteroatoms. The number of esters is 1. The van der Waals surface area contributed by atoms with Gasteiger partial charge in [0.25, 0.3) is 5.56 Å². The lowest BCUT2D eigenvalue weighted by atomic mass is 9.86. The number of carbonyl (C=O) groups excluding carboxylic acids is 1. The van der Waals surface area contributed by atoms with Gasteiger partial charge in [-0.15, -0.1) is 0 Å². The van der Waals surface area contributed by atoms with Crippen LogP contribution in [0.15, 0.2) is 34.1 Å². The smallest absolute Gasteiger partial charge is 0.449 e. The zero-order valence-corrected chi connectivity index (χ0v) is 20.9. The van der Waals surface area contributed by atoms with E-state index < -0.39 is 29.1 Å². The molecule has 0 saturated carbocycles. The molecule has 3 aromatic rings. The Labute approximate surface area is 215 Å². The van der Waals surface area contributed by atoms with E-state index in [0.29, 0.717) is 40.0 Å². The SMILES string of the molecule is CCCCCN1C(C(F)(F)F)=Nc2cccc3nc4c(c1c23)Cn1c-4cc2c(c1=O)COC(=O)C2(O)CC. The monoisotopic (exact) mass is 526 g/mol. The van der Waals surface area contributed by atoms with Crippen molar-refractivity contribution >= 4 is 34.1 Å². The summed E-state index contributed by atoms with van der Waals surface area (Å²) in [6.45, 7) is 3.40. The van der Waals surface area contributed by atoms with Crippen LogP contribution in [0.4, 0.5) is 24.5 Å². The van der Waals surface area contributed by atoms with Crippen LogP contribution in [0.25, 0.3) is 22.3 Å². The summed E-state index contributed by atoms with van der Waals surface area (Å²) < 4.78 is 49.5. The number of aliphatic hydroxyl groups is 1. The topological polar surface area (TPSA) is 97.0 Å². The Bertz CT molecular complexity index is 1610. The number of fused-ring (bicyclic) bond motifs is 5. The van der Waals surface area contributed by atoms with E-state index in [9.17, 15) is 27.9 Å². The number of pyridine rings is 2. The molecule has 1 N–H and O–H groups in total. The molecule has 1 aromatic carbocycles. The van der Waals surface area contributed by atoms with E-state index in [1.54, 1.807) is 25.1 Å². The van der Waals surface area contributed by atoms with Gasteiger partial charge in [0.15, 0.2) is 5.60 Å². The maximum absolute atomic E-state index is 14.3. The lowest BCUT2D eigenvalue weighted by Crippen LogP contribution is -2.44. The summed E-state index contributed by atoms with van der Waals surface area (Å²) in [5.74, 6) is -1.83. The molecule has 38 heavy (non-hydrogen) atoms. The van der Waals surface area contributed by atoms with Gasteiger partial charge in [-0.25, -0.2) is 14.8 Å². The third kappa shape index (κ3) is 3.34. The van der Waals surface area contributed by atoms with Crippen molar-refractivity contribution in [2.75, 3.05) is 11.4 Å². The van der Waals surface area contributed by atoms with Gasteiger partial charge in [-0.2, -0.15) is 13.2 Å². The van der Waals surface area contributed by atoms with Gasteiger partial charge in [-0.1, -0.05) is 32.8 Å². The molecule has 0 spiro atoms. The number of carbonyl (C=O) groups is 1. The van der Waals surface area contributed by atoms with Gasteiger partial charge in [-0.05, 0) is 31.0 Å². The molecule has 3 aliphatic rings. The first-order chi connectivity index (χ1) is 18.1. The van der Waals surface area contributed by atoms with Crippen molar-refractivity contribution < 1.29 is 27.8 Å². The van der Waals surface area contributed by atoms with E-state index >= 15 is 0 Å². The van der Waals surface area contributed by atoms with Crippen molar-refractivity contribution in [3.05, 3.63) is 51.3 Å². The van der Waals surface area contributed by atoms with Gasteiger partial charge in [0.05, 0.1) is 45.8 Å². The second kappa shape index (κ2) is 8.39. The Morgan fingerprint density at radius 3 is 2.66 bits per heavy atom. The predicted molar refractivity (Wildman–Crippen MR) is 135 cm³/mol. The van der Waals surface area contributed by atoms with E-state index in [1.165, 1.54) is 15.5 Å². The molecule has 0 aliphatic carbocycles.